The van der Waals surface area contributed by atoms with Crippen molar-refractivity contribution in [1.29, 1.82) is 0 Å². The highest BCUT2D eigenvalue weighted by atomic mass is 127. The van der Waals surface area contributed by atoms with Crippen molar-refractivity contribution >= 4 is 51.5 Å². The summed E-state index contributed by atoms with van der Waals surface area (Å²) in [7, 11) is 0. The summed E-state index contributed by atoms with van der Waals surface area (Å²) in [5, 5.41) is 13.6. The molecule has 0 bridgehead atoms. The fourth-order valence-corrected chi connectivity index (χ4v) is 2.29. The number of nitrogens with zero attached hydrogens (tertiary/aromatic N) is 2. The number of rotatable bonds is 3. The van der Waals surface area contributed by atoms with Gasteiger partial charge in [0.2, 0.25) is 0 Å². The average molecular weight is 418 g/mol. The Kier molecular flexibility index (Phi) is 4.73. The summed E-state index contributed by atoms with van der Waals surface area (Å²) in [5.41, 5.74) is 1.11. The van der Waals surface area contributed by atoms with E-state index in [1.54, 1.807) is 12.1 Å². The van der Waals surface area contributed by atoms with Gasteiger partial charge < -0.3 is 5.32 Å². The van der Waals surface area contributed by atoms with Crippen molar-refractivity contribution < 1.29 is 9.72 Å². The lowest BCUT2D eigenvalue weighted by molar-refractivity contribution is -0.385. The number of pyridine rings is 1. The predicted molar refractivity (Wildman–Crippen MR) is 87.8 cm³/mol. The first-order chi connectivity index (χ1) is 9.88. The molecule has 2 rings (SSSR count). The van der Waals surface area contributed by atoms with Crippen LogP contribution >= 0.6 is 34.2 Å². The first kappa shape index (κ1) is 15.6. The van der Waals surface area contributed by atoms with E-state index in [2.05, 4.69) is 32.9 Å². The van der Waals surface area contributed by atoms with Crippen LogP contribution in [0.15, 0.2) is 30.5 Å². The lowest BCUT2D eigenvalue weighted by atomic mass is 10.2. The topological polar surface area (TPSA) is 85.1 Å². The summed E-state index contributed by atoms with van der Waals surface area (Å²) in [6, 6.07) is 6.53. The van der Waals surface area contributed by atoms with E-state index in [0.29, 0.717) is 5.69 Å². The second-order valence-electron chi connectivity index (χ2n) is 4.20. The minimum absolute atomic E-state index is 0.0178. The summed E-state index contributed by atoms with van der Waals surface area (Å²) in [4.78, 5) is 26.1. The Morgan fingerprint density at radius 1 is 1.43 bits per heavy atom. The van der Waals surface area contributed by atoms with Crippen LogP contribution in [0.5, 0.6) is 0 Å². The Balaban J connectivity index is 2.34. The molecule has 0 atom stereocenters. The van der Waals surface area contributed by atoms with Gasteiger partial charge in [-0.1, -0.05) is 17.7 Å². The molecular weight excluding hydrogens is 409 g/mol. The summed E-state index contributed by atoms with van der Waals surface area (Å²) < 4.78 is 0.979. The zero-order valence-corrected chi connectivity index (χ0v) is 13.7. The second-order valence-corrected chi connectivity index (χ2v) is 5.75. The Morgan fingerprint density at radius 3 is 2.76 bits per heavy atom. The fourth-order valence-electron chi connectivity index (χ4n) is 1.62. The third-order valence-corrected chi connectivity index (χ3v) is 4.09. The van der Waals surface area contributed by atoms with E-state index in [4.69, 9.17) is 11.6 Å². The zero-order valence-electron chi connectivity index (χ0n) is 10.8. The van der Waals surface area contributed by atoms with Gasteiger partial charge in [-0.3, -0.25) is 14.9 Å². The molecule has 0 unspecified atom stereocenters. The summed E-state index contributed by atoms with van der Waals surface area (Å²) in [5.74, 6) is -0.606. The Labute approximate surface area is 138 Å². The van der Waals surface area contributed by atoms with Gasteiger partial charge in [0.25, 0.3) is 11.6 Å². The highest BCUT2D eigenvalue weighted by Gasteiger charge is 2.21. The second kappa shape index (κ2) is 6.35. The number of amides is 1. The molecule has 1 N–H and O–H groups in total. The number of carbonyl (C=O) groups excluding carboxylic acids is 1. The van der Waals surface area contributed by atoms with Crippen LogP contribution in [0.2, 0.25) is 5.15 Å². The molecular formula is C13H9ClIN3O3. The van der Waals surface area contributed by atoms with Gasteiger partial charge in [-0.15, -0.1) is 0 Å². The number of nitrogens with one attached hydrogen (secondary N) is 1. The molecule has 2 aromatic rings. The molecule has 1 aromatic carbocycles. The van der Waals surface area contributed by atoms with Crippen LogP contribution in [0, 0.1) is 20.6 Å². The van der Waals surface area contributed by atoms with Crippen LogP contribution in [0.3, 0.4) is 0 Å². The van der Waals surface area contributed by atoms with Crippen LogP contribution in [0.4, 0.5) is 11.4 Å². The molecule has 1 amide bonds. The molecule has 0 aliphatic carbocycles. The highest BCUT2D eigenvalue weighted by molar-refractivity contribution is 14.1. The molecule has 0 fully saturated rings. The maximum atomic E-state index is 12.2. The van der Waals surface area contributed by atoms with E-state index in [9.17, 15) is 14.9 Å². The maximum absolute atomic E-state index is 12.2. The fraction of sp³-hybridized carbons (Fsp3) is 0.0769. The normalized spacial score (nSPS) is 10.2. The van der Waals surface area contributed by atoms with Crippen LogP contribution in [-0.4, -0.2) is 15.8 Å². The van der Waals surface area contributed by atoms with Crippen molar-refractivity contribution in [2.24, 2.45) is 0 Å². The van der Waals surface area contributed by atoms with Gasteiger partial charge in [-0.2, -0.15) is 0 Å². The van der Waals surface area contributed by atoms with Crippen LogP contribution in [0.25, 0.3) is 0 Å². The van der Waals surface area contributed by atoms with E-state index in [0.717, 1.165) is 15.3 Å². The molecule has 0 aliphatic heterocycles. The molecule has 1 heterocycles. The van der Waals surface area contributed by atoms with Crippen molar-refractivity contribution in [3.05, 3.63) is 60.4 Å². The summed E-state index contributed by atoms with van der Waals surface area (Å²) in [6.45, 7) is 1.95. The molecule has 0 aliphatic rings. The van der Waals surface area contributed by atoms with Gasteiger partial charge in [-0.25, -0.2) is 4.98 Å². The number of nitro groups is 1. The van der Waals surface area contributed by atoms with Crippen LogP contribution in [-0.2, 0) is 0 Å². The largest absolute Gasteiger partial charge is 0.322 e. The molecule has 0 radical (unpaired) electrons. The van der Waals surface area contributed by atoms with Crippen LogP contribution < -0.4 is 5.32 Å². The number of benzene rings is 1. The lowest BCUT2D eigenvalue weighted by Gasteiger charge is -2.07. The van der Waals surface area contributed by atoms with E-state index in [1.165, 1.54) is 6.07 Å². The number of carbonyl (C=O) groups is 1. The summed E-state index contributed by atoms with van der Waals surface area (Å²) >= 11 is 7.84. The molecule has 0 saturated carbocycles. The van der Waals surface area contributed by atoms with Gasteiger partial charge in [0.05, 0.1) is 4.92 Å². The first-order valence-electron chi connectivity index (χ1n) is 5.76. The minimum Gasteiger partial charge on any atom is -0.322 e. The number of hydrogen-bond donors (Lipinski definition) is 1. The third kappa shape index (κ3) is 3.67. The van der Waals surface area contributed by atoms with Gasteiger partial charge in [0.15, 0.2) is 0 Å². The van der Waals surface area contributed by atoms with Gasteiger partial charge in [0.1, 0.15) is 16.9 Å². The molecule has 108 valence electrons. The zero-order chi connectivity index (χ0) is 15.6. The van der Waals surface area contributed by atoms with Crippen molar-refractivity contribution in [2.75, 3.05) is 5.32 Å². The average Bonchev–Trinajstić information content (AvgIpc) is 2.42. The van der Waals surface area contributed by atoms with Gasteiger partial charge >= 0.3 is 0 Å². The molecule has 21 heavy (non-hydrogen) atoms. The maximum Gasteiger partial charge on any atom is 0.300 e. The quantitative estimate of drug-likeness (QED) is 0.356. The van der Waals surface area contributed by atoms with Crippen molar-refractivity contribution in [1.82, 2.24) is 4.98 Å². The van der Waals surface area contributed by atoms with E-state index in [1.807, 2.05) is 13.0 Å². The van der Waals surface area contributed by atoms with Crippen LogP contribution in [0.1, 0.15) is 15.9 Å². The predicted octanol–water partition coefficient (Wildman–Crippen LogP) is 3.81. The van der Waals surface area contributed by atoms with E-state index >= 15 is 0 Å². The van der Waals surface area contributed by atoms with E-state index in [-0.39, 0.29) is 10.7 Å². The summed E-state index contributed by atoms with van der Waals surface area (Å²) in [6.07, 6.45) is 0.968. The van der Waals surface area contributed by atoms with Gasteiger partial charge in [-0.05, 0) is 53.3 Å². The number of anilines is 1. The van der Waals surface area contributed by atoms with Crippen molar-refractivity contribution in [2.45, 2.75) is 6.92 Å². The molecule has 8 heteroatoms. The molecule has 1 aromatic heterocycles. The number of halogens is 2. The lowest BCUT2D eigenvalue weighted by Crippen LogP contribution is -2.14. The molecule has 6 nitrogen and oxygen atoms in total. The third-order valence-electron chi connectivity index (χ3n) is 2.72. The molecule has 0 saturated heterocycles. The highest BCUT2D eigenvalue weighted by Crippen LogP contribution is 2.23. The molecule has 0 spiro atoms. The SMILES string of the molecule is Cc1ccc(NC(=O)c2cc(Cl)ncc2[N+](=O)[O-])cc1I. The van der Waals surface area contributed by atoms with Crippen molar-refractivity contribution in [3.63, 3.8) is 0 Å². The van der Waals surface area contributed by atoms with Crippen molar-refractivity contribution in [3.8, 4) is 0 Å². The monoisotopic (exact) mass is 417 g/mol. The Morgan fingerprint density at radius 2 is 2.14 bits per heavy atom. The minimum atomic E-state index is -0.670. The first-order valence-corrected chi connectivity index (χ1v) is 7.21. The number of aryl methyl sites for hydroxylation is 1. The Hall–Kier alpha value is -1.74. The van der Waals surface area contributed by atoms with E-state index < -0.39 is 16.5 Å². The standard InChI is InChI=1S/C13H9ClIN3O3/c1-7-2-3-8(4-10(7)15)17-13(19)9-5-12(14)16-6-11(9)18(20)21/h2-6H,1H3,(H,17,19). The smallest absolute Gasteiger partial charge is 0.300 e. The van der Waals surface area contributed by atoms with Gasteiger partial charge in [0, 0.05) is 9.26 Å². The Bertz CT molecular complexity index is 737. The number of aromatic nitrogens is 1. The number of hydrogen-bond acceptors (Lipinski definition) is 4.